The number of nitrogens with zero attached hydrogens (tertiary/aromatic N) is 3. The molecule has 1 atom stereocenters. The van der Waals surface area contributed by atoms with Crippen LogP contribution in [-0.4, -0.2) is 59.7 Å². The highest BCUT2D eigenvalue weighted by Crippen LogP contribution is 2.22. The molecule has 2 N–H and O–H groups in total. The number of benzene rings is 1. The standard InChI is InChI=1S/C23H28N4O4/c1-16-4-5-18(13-25-16)21(28)14-24-10-11-30-19-8-6-17(7-9-19)20-15-31-22(26-20)12-23(29)27(2)3/h4-9,13,15,21,24,28H,10-12,14H2,1-3H3/t21-/m0/s1. The summed E-state index contributed by atoms with van der Waals surface area (Å²) in [7, 11) is 3.40. The van der Waals surface area contributed by atoms with Crippen LogP contribution in [0.15, 0.2) is 53.3 Å². The third-order valence-electron chi connectivity index (χ3n) is 4.71. The molecule has 8 heteroatoms. The fourth-order valence-corrected chi connectivity index (χ4v) is 2.81. The number of hydrogen-bond acceptors (Lipinski definition) is 7. The second-order valence-electron chi connectivity index (χ2n) is 7.42. The van der Waals surface area contributed by atoms with Crippen LogP contribution in [-0.2, 0) is 11.2 Å². The molecule has 0 unspecified atom stereocenters. The lowest BCUT2D eigenvalue weighted by Crippen LogP contribution is -2.26. The van der Waals surface area contributed by atoms with Crippen molar-refractivity contribution in [3.8, 4) is 17.0 Å². The molecule has 1 aromatic carbocycles. The average molecular weight is 425 g/mol. The van der Waals surface area contributed by atoms with Crippen molar-refractivity contribution in [1.82, 2.24) is 20.2 Å². The molecule has 0 aliphatic carbocycles. The van der Waals surface area contributed by atoms with E-state index < -0.39 is 6.10 Å². The molecule has 0 spiro atoms. The molecule has 2 aromatic heterocycles. The van der Waals surface area contributed by atoms with Gasteiger partial charge in [0.15, 0.2) is 0 Å². The van der Waals surface area contributed by atoms with Gasteiger partial charge in [-0.15, -0.1) is 0 Å². The maximum atomic E-state index is 11.8. The smallest absolute Gasteiger partial charge is 0.231 e. The molecule has 2 heterocycles. The van der Waals surface area contributed by atoms with E-state index in [0.29, 0.717) is 31.3 Å². The minimum atomic E-state index is -0.604. The number of nitrogens with one attached hydrogen (secondary N) is 1. The van der Waals surface area contributed by atoms with E-state index in [1.165, 1.54) is 4.90 Å². The lowest BCUT2D eigenvalue weighted by molar-refractivity contribution is -0.128. The van der Waals surface area contributed by atoms with Crippen LogP contribution in [0.3, 0.4) is 0 Å². The Morgan fingerprint density at radius 1 is 1.23 bits per heavy atom. The fourth-order valence-electron chi connectivity index (χ4n) is 2.81. The van der Waals surface area contributed by atoms with E-state index in [2.05, 4.69) is 15.3 Å². The summed E-state index contributed by atoms with van der Waals surface area (Å²) in [5.41, 5.74) is 3.27. The zero-order chi connectivity index (χ0) is 22.2. The van der Waals surface area contributed by atoms with Crippen LogP contribution in [0.5, 0.6) is 5.75 Å². The molecule has 0 saturated carbocycles. The highest BCUT2D eigenvalue weighted by molar-refractivity contribution is 5.77. The van der Waals surface area contributed by atoms with Crippen molar-refractivity contribution in [2.45, 2.75) is 19.4 Å². The van der Waals surface area contributed by atoms with Gasteiger partial charge in [-0.05, 0) is 37.3 Å². The molecule has 31 heavy (non-hydrogen) atoms. The number of amides is 1. The number of hydrogen-bond donors (Lipinski definition) is 2. The Labute approximate surface area is 181 Å². The molecule has 0 aliphatic heterocycles. The summed E-state index contributed by atoms with van der Waals surface area (Å²) in [6.45, 7) is 3.41. The average Bonchev–Trinajstić information content (AvgIpc) is 3.22. The first-order chi connectivity index (χ1) is 14.9. The van der Waals surface area contributed by atoms with Gasteiger partial charge in [0, 0.05) is 50.2 Å². The van der Waals surface area contributed by atoms with Gasteiger partial charge < -0.3 is 24.5 Å². The van der Waals surface area contributed by atoms with Gasteiger partial charge >= 0.3 is 0 Å². The Hall–Kier alpha value is -3.23. The molecule has 0 aliphatic rings. The van der Waals surface area contributed by atoms with E-state index in [-0.39, 0.29) is 12.3 Å². The monoisotopic (exact) mass is 424 g/mol. The molecule has 0 bridgehead atoms. The molecule has 0 radical (unpaired) electrons. The zero-order valence-corrected chi connectivity index (χ0v) is 18.0. The third-order valence-corrected chi connectivity index (χ3v) is 4.71. The maximum absolute atomic E-state index is 11.8. The van der Waals surface area contributed by atoms with Crippen LogP contribution in [0.25, 0.3) is 11.3 Å². The van der Waals surface area contributed by atoms with Crippen molar-refractivity contribution in [3.63, 3.8) is 0 Å². The van der Waals surface area contributed by atoms with Crippen molar-refractivity contribution in [1.29, 1.82) is 0 Å². The maximum Gasteiger partial charge on any atom is 0.231 e. The highest BCUT2D eigenvalue weighted by Gasteiger charge is 2.12. The number of carbonyl (C=O) groups excluding carboxylic acids is 1. The van der Waals surface area contributed by atoms with Gasteiger partial charge in [-0.3, -0.25) is 9.78 Å². The number of pyridine rings is 1. The topological polar surface area (TPSA) is 101 Å². The van der Waals surface area contributed by atoms with Crippen molar-refractivity contribution < 1.29 is 19.1 Å². The number of carbonyl (C=O) groups is 1. The summed E-state index contributed by atoms with van der Waals surface area (Å²) < 4.78 is 11.1. The molecule has 3 aromatic rings. The number of likely N-dealkylation sites (N-methyl/N-ethyl adjacent to an activating group) is 1. The van der Waals surface area contributed by atoms with Gasteiger partial charge in [0.1, 0.15) is 30.7 Å². The van der Waals surface area contributed by atoms with Crippen LogP contribution in [0.4, 0.5) is 0 Å². The van der Waals surface area contributed by atoms with E-state index in [9.17, 15) is 9.90 Å². The summed E-state index contributed by atoms with van der Waals surface area (Å²) in [6, 6.07) is 11.3. The summed E-state index contributed by atoms with van der Waals surface area (Å²) in [5.74, 6) is 1.07. The molecule has 8 nitrogen and oxygen atoms in total. The molecule has 0 saturated heterocycles. The SMILES string of the molecule is Cc1ccc([C@@H](O)CNCCOc2ccc(-c3coc(CC(=O)N(C)C)n3)cc2)cn1. The van der Waals surface area contributed by atoms with E-state index in [1.807, 2.05) is 43.3 Å². The molecular weight excluding hydrogens is 396 g/mol. The lowest BCUT2D eigenvalue weighted by atomic mass is 10.1. The van der Waals surface area contributed by atoms with Gasteiger partial charge in [-0.2, -0.15) is 0 Å². The van der Waals surface area contributed by atoms with E-state index >= 15 is 0 Å². The Morgan fingerprint density at radius 3 is 2.68 bits per heavy atom. The molecule has 0 fully saturated rings. The third kappa shape index (κ3) is 6.63. The first kappa shape index (κ1) is 22.5. The zero-order valence-electron chi connectivity index (χ0n) is 18.0. The summed E-state index contributed by atoms with van der Waals surface area (Å²) >= 11 is 0. The Kier molecular flexibility index (Phi) is 7.75. The summed E-state index contributed by atoms with van der Waals surface area (Å²) in [6.07, 6.45) is 2.77. The Morgan fingerprint density at radius 2 is 2.00 bits per heavy atom. The van der Waals surface area contributed by atoms with E-state index in [0.717, 1.165) is 22.6 Å². The van der Waals surface area contributed by atoms with E-state index in [4.69, 9.17) is 9.15 Å². The van der Waals surface area contributed by atoms with Crippen molar-refractivity contribution in [3.05, 3.63) is 66.0 Å². The minimum absolute atomic E-state index is 0.0613. The van der Waals surface area contributed by atoms with Gasteiger partial charge in [0.25, 0.3) is 0 Å². The van der Waals surface area contributed by atoms with Crippen molar-refractivity contribution in [2.75, 3.05) is 33.8 Å². The van der Waals surface area contributed by atoms with E-state index in [1.54, 1.807) is 26.6 Å². The van der Waals surface area contributed by atoms with Gasteiger partial charge in [0.05, 0.1) is 6.10 Å². The van der Waals surface area contributed by atoms with Gasteiger partial charge in [-0.25, -0.2) is 4.98 Å². The quantitative estimate of drug-likeness (QED) is 0.482. The summed E-state index contributed by atoms with van der Waals surface area (Å²) in [4.78, 5) is 21.8. The summed E-state index contributed by atoms with van der Waals surface area (Å²) in [5, 5.41) is 13.3. The van der Waals surface area contributed by atoms with Crippen LogP contribution in [0, 0.1) is 6.92 Å². The number of oxazole rings is 1. The Bertz CT molecular complexity index is 968. The first-order valence-corrected chi connectivity index (χ1v) is 10.1. The van der Waals surface area contributed by atoms with Crippen molar-refractivity contribution in [2.24, 2.45) is 0 Å². The number of ether oxygens (including phenoxy) is 1. The predicted molar refractivity (Wildman–Crippen MR) is 117 cm³/mol. The molecular formula is C23H28N4O4. The predicted octanol–water partition coefficient (Wildman–Crippen LogP) is 2.38. The molecule has 164 valence electrons. The van der Waals surface area contributed by atoms with Crippen LogP contribution in [0.2, 0.25) is 0 Å². The van der Waals surface area contributed by atoms with Crippen LogP contribution >= 0.6 is 0 Å². The largest absolute Gasteiger partial charge is 0.492 e. The number of aliphatic hydroxyl groups is 1. The molecule has 3 rings (SSSR count). The fraction of sp³-hybridized carbons (Fsp3) is 0.348. The lowest BCUT2D eigenvalue weighted by Gasteiger charge is -2.12. The Balaban J connectivity index is 1.41. The normalized spacial score (nSPS) is 11.9. The number of rotatable bonds is 10. The highest BCUT2D eigenvalue weighted by atomic mass is 16.5. The van der Waals surface area contributed by atoms with Crippen LogP contribution < -0.4 is 10.1 Å². The van der Waals surface area contributed by atoms with Crippen molar-refractivity contribution >= 4 is 5.91 Å². The number of aryl methyl sites for hydroxylation is 1. The van der Waals surface area contributed by atoms with Crippen LogP contribution in [0.1, 0.15) is 23.3 Å². The number of aliphatic hydroxyl groups excluding tert-OH is 1. The van der Waals surface area contributed by atoms with Gasteiger partial charge in [0.2, 0.25) is 11.8 Å². The second kappa shape index (κ2) is 10.7. The second-order valence-corrected chi connectivity index (χ2v) is 7.42. The number of aromatic nitrogens is 2. The first-order valence-electron chi connectivity index (χ1n) is 10.1. The minimum Gasteiger partial charge on any atom is -0.492 e. The molecule has 1 amide bonds. The van der Waals surface area contributed by atoms with Gasteiger partial charge in [-0.1, -0.05) is 6.07 Å².